The number of rotatable bonds is 8. The van der Waals surface area contributed by atoms with Crippen molar-refractivity contribution < 1.29 is 13.6 Å². The highest BCUT2D eigenvalue weighted by Crippen LogP contribution is 2.25. The minimum atomic E-state index is -0.639. The number of carbonyl (C=O) groups is 1. The molecule has 2 heterocycles. The average molecular weight is 403 g/mol. The Kier molecular flexibility index (Phi) is 7.32. The lowest BCUT2D eigenvalue weighted by atomic mass is 9.92. The van der Waals surface area contributed by atoms with Crippen LogP contribution in [0.25, 0.3) is 0 Å². The van der Waals surface area contributed by atoms with Crippen molar-refractivity contribution in [1.29, 1.82) is 0 Å². The Bertz CT molecular complexity index is 824. The van der Waals surface area contributed by atoms with Gasteiger partial charge in [0.1, 0.15) is 29.6 Å². The number of piperidine rings is 1. The summed E-state index contributed by atoms with van der Waals surface area (Å²) < 4.78 is 26.5. The van der Waals surface area contributed by atoms with Gasteiger partial charge in [-0.2, -0.15) is 0 Å². The molecule has 0 aliphatic carbocycles. The molecule has 1 aromatic heterocycles. The maximum atomic E-state index is 13.6. The number of aromatic nitrogens is 2. The number of anilines is 2. The molecule has 1 aliphatic heterocycles. The maximum Gasteiger partial charge on any atom is 0.220 e. The van der Waals surface area contributed by atoms with E-state index < -0.39 is 11.6 Å². The third kappa shape index (κ3) is 6.10. The van der Waals surface area contributed by atoms with Gasteiger partial charge in [0.2, 0.25) is 5.91 Å². The predicted octanol–water partition coefficient (Wildman–Crippen LogP) is 3.50. The predicted molar refractivity (Wildman–Crippen MR) is 109 cm³/mol. The number of hydrogen-bond acceptors (Lipinski definition) is 5. The molecule has 0 radical (unpaired) electrons. The standard InChI is InChI=1S/C21H27F2N5O/c1-2-24-19-12-20(27-14-26-19)28-9-7-15(8-10-28)3-6-21(29)25-13-16-4-5-17(22)11-18(16)23/h4-5,11-12,14-15H,2-3,6-10,13H2,1H3,(H,25,29)(H,24,26,27). The molecule has 0 saturated carbocycles. The highest BCUT2D eigenvalue weighted by molar-refractivity contribution is 5.75. The molecule has 2 N–H and O–H groups in total. The van der Waals surface area contributed by atoms with Crippen LogP contribution in [0.1, 0.15) is 38.2 Å². The number of amides is 1. The van der Waals surface area contributed by atoms with E-state index in [0.717, 1.165) is 56.6 Å². The van der Waals surface area contributed by atoms with Crippen LogP contribution in [0.15, 0.2) is 30.6 Å². The first-order chi connectivity index (χ1) is 14.0. The first-order valence-corrected chi connectivity index (χ1v) is 10.1. The van der Waals surface area contributed by atoms with Crippen molar-refractivity contribution >= 4 is 17.5 Å². The molecule has 1 aromatic carbocycles. The van der Waals surface area contributed by atoms with Gasteiger partial charge in [0.05, 0.1) is 0 Å². The summed E-state index contributed by atoms with van der Waals surface area (Å²) in [4.78, 5) is 22.9. The lowest BCUT2D eigenvalue weighted by Crippen LogP contribution is -2.34. The molecule has 1 aliphatic rings. The molecule has 156 valence electrons. The largest absolute Gasteiger partial charge is 0.370 e. The van der Waals surface area contributed by atoms with E-state index >= 15 is 0 Å². The second-order valence-corrected chi connectivity index (χ2v) is 7.27. The van der Waals surface area contributed by atoms with Crippen molar-refractivity contribution in [2.75, 3.05) is 29.9 Å². The summed E-state index contributed by atoms with van der Waals surface area (Å²) in [5, 5.41) is 5.91. The van der Waals surface area contributed by atoms with Crippen LogP contribution >= 0.6 is 0 Å². The fourth-order valence-electron chi connectivity index (χ4n) is 3.53. The summed E-state index contributed by atoms with van der Waals surface area (Å²) in [5.74, 6) is 0.864. The number of nitrogens with zero attached hydrogens (tertiary/aromatic N) is 3. The highest BCUT2D eigenvalue weighted by Gasteiger charge is 2.21. The van der Waals surface area contributed by atoms with Crippen LogP contribution in [-0.2, 0) is 11.3 Å². The molecular weight excluding hydrogens is 376 g/mol. The van der Waals surface area contributed by atoms with Gasteiger partial charge < -0.3 is 15.5 Å². The minimum absolute atomic E-state index is 0.0746. The van der Waals surface area contributed by atoms with E-state index in [-0.39, 0.29) is 18.0 Å². The van der Waals surface area contributed by atoms with E-state index in [1.807, 2.05) is 13.0 Å². The quantitative estimate of drug-likeness (QED) is 0.706. The Morgan fingerprint density at radius 3 is 2.72 bits per heavy atom. The zero-order chi connectivity index (χ0) is 20.6. The van der Waals surface area contributed by atoms with Gasteiger partial charge in [0, 0.05) is 50.3 Å². The summed E-state index contributed by atoms with van der Waals surface area (Å²) in [6.45, 7) is 4.71. The molecule has 1 amide bonds. The fourth-order valence-corrected chi connectivity index (χ4v) is 3.53. The van der Waals surface area contributed by atoms with Crippen LogP contribution in [0.3, 0.4) is 0 Å². The second kappa shape index (κ2) is 10.1. The molecule has 3 rings (SSSR count). The first-order valence-electron chi connectivity index (χ1n) is 10.1. The molecule has 2 aromatic rings. The van der Waals surface area contributed by atoms with Gasteiger partial charge in [0.15, 0.2) is 0 Å². The minimum Gasteiger partial charge on any atom is -0.370 e. The van der Waals surface area contributed by atoms with Gasteiger partial charge in [0.25, 0.3) is 0 Å². The Morgan fingerprint density at radius 1 is 1.21 bits per heavy atom. The normalized spacial score (nSPS) is 14.7. The topological polar surface area (TPSA) is 70.2 Å². The van der Waals surface area contributed by atoms with Crippen molar-refractivity contribution in [1.82, 2.24) is 15.3 Å². The van der Waals surface area contributed by atoms with Gasteiger partial charge in [-0.15, -0.1) is 0 Å². The van der Waals surface area contributed by atoms with Crippen LogP contribution in [0.4, 0.5) is 20.4 Å². The molecule has 6 nitrogen and oxygen atoms in total. The average Bonchev–Trinajstić information content (AvgIpc) is 2.72. The van der Waals surface area contributed by atoms with Crippen molar-refractivity contribution in [2.45, 2.75) is 39.2 Å². The lowest BCUT2D eigenvalue weighted by molar-refractivity contribution is -0.121. The van der Waals surface area contributed by atoms with Crippen molar-refractivity contribution in [3.63, 3.8) is 0 Å². The van der Waals surface area contributed by atoms with E-state index in [0.29, 0.717) is 12.3 Å². The smallest absolute Gasteiger partial charge is 0.220 e. The van der Waals surface area contributed by atoms with Crippen LogP contribution in [-0.4, -0.2) is 35.5 Å². The summed E-state index contributed by atoms with van der Waals surface area (Å²) in [5.41, 5.74) is 0.287. The number of halogens is 2. The van der Waals surface area contributed by atoms with E-state index in [4.69, 9.17) is 0 Å². The zero-order valence-electron chi connectivity index (χ0n) is 16.6. The van der Waals surface area contributed by atoms with Crippen LogP contribution in [0, 0.1) is 17.6 Å². The third-order valence-corrected chi connectivity index (χ3v) is 5.22. The first kappa shape index (κ1) is 21.0. The summed E-state index contributed by atoms with van der Waals surface area (Å²) in [6, 6.07) is 5.34. The van der Waals surface area contributed by atoms with Crippen molar-refractivity contribution in [3.05, 3.63) is 47.8 Å². The summed E-state index contributed by atoms with van der Waals surface area (Å²) in [7, 11) is 0. The summed E-state index contributed by atoms with van der Waals surface area (Å²) in [6.07, 6.45) is 4.79. The molecule has 1 saturated heterocycles. The second-order valence-electron chi connectivity index (χ2n) is 7.27. The molecule has 0 atom stereocenters. The monoisotopic (exact) mass is 403 g/mol. The highest BCUT2D eigenvalue weighted by atomic mass is 19.1. The SMILES string of the molecule is CCNc1cc(N2CCC(CCC(=O)NCc3ccc(F)cc3F)CC2)ncn1. The lowest BCUT2D eigenvalue weighted by Gasteiger charge is -2.32. The Balaban J connectivity index is 1.39. The molecule has 29 heavy (non-hydrogen) atoms. The number of benzene rings is 1. The van der Waals surface area contributed by atoms with E-state index in [9.17, 15) is 13.6 Å². The van der Waals surface area contributed by atoms with Crippen molar-refractivity contribution in [2.24, 2.45) is 5.92 Å². The van der Waals surface area contributed by atoms with Crippen LogP contribution in [0.2, 0.25) is 0 Å². The van der Waals surface area contributed by atoms with E-state index in [1.165, 1.54) is 12.1 Å². The van der Waals surface area contributed by atoms with Crippen LogP contribution < -0.4 is 15.5 Å². The van der Waals surface area contributed by atoms with Gasteiger partial charge in [-0.25, -0.2) is 18.7 Å². The molecule has 0 bridgehead atoms. The van der Waals surface area contributed by atoms with Crippen molar-refractivity contribution in [3.8, 4) is 0 Å². The molecule has 0 unspecified atom stereocenters. The van der Waals surface area contributed by atoms with E-state index in [2.05, 4.69) is 25.5 Å². The van der Waals surface area contributed by atoms with Gasteiger partial charge >= 0.3 is 0 Å². The van der Waals surface area contributed by atoms with Crippen LogP contribution in [0.5, 0.6) is 0 Å². The Hall–Kier alpha value is -2.77. The zero-order valence-corrected chi connectivity index (χ0v) is 16.6. The molecule has 0 spiro atoms. The summed E-state index contributed by atoms with van der Waals surface area (Å²) >= 11 is 0. The van der Waals surface area contributed by atoms with E-state index in [1.54, 1.807) is 6.33 Å². The molecule has 8 heteroatoms. The van der Waals surface area contributed by atoms with Gasteiger partial charge in [-0.05, 0) is 38.2 Å². The Morgan fingerprint density at radius 2 is 2.00 bits per heavy atom. The fraction of sp³-hybridized carbons (Fsp3) is 0.476. The Labute approximate surface area is 169 Å². The molecular formula is C21H27F2N5O. The van der Waals surface area contributed by atoms with Gasteiger partial charge in [-0.1, -0.05) is 6.07 Å². The third-order valence-electron chi connectivity index (χ3n) is 5.22. The number of hydrogen-bond donors (Lipinski definition) is 2. The maximum absolute atomic E-state index is 13.6. The number of nitrogens with one attached hydrogen (secondary N) is 2. The number of carbonyl (C=O) groups excluding carboxylic acids is 1. The molecule has 1 fully saturated rings. The van der Waals surface area contributed by atoms with Gasteiger partial charge in [-0.3, -0.25) is 4.79 Å².